The number of benzene rings is 1. The Balaban J connectivity index is 1.92. The lowest BCUT2D eigenvalue weighted by atomic mass is 9.79. The average Bonchev–Trinajstić information content (AvgIpc) is 2.80. The number of carbonyl (C=O) groups excluding carboxylic acids is 1. The van der Waals surface area contributed by atoms with Crippen molar-refractivity contribution >= 4 is 21.9 Å². The van der Waals surface area contributed by atoms with E-state index in [0.717, 1.165) is 23.7 Å². The van der Waals surface area contributed by atoms with Gasteiger partial charge in [0.15, 0.2) is 0 Å². The summed E-state index contributed by atoms with van der Waals surface area (Å²) in [7, 11) is 1.46. The molecule has 19 heavy (non-hydrogen) atoms. The molecule has 4 heteroatoms. The number of carbonyl (C=O) groups is 1. The van der Waals surface area contributed by atoms with E-state index in [4.69, 9.17) is 9.47 Å². The Kier molecular flexibility index (Phi) is 3.63. The first-order chi connectivity index (χ1) is 9.19. The van der Waals surface area contributed by atoms with Crippen LogP contribution in [0.4, 0.5) is 0 Å². The highest BCUT2D eigenvalue weighted by atomic mass is 79.9. The van der Waals surface area contributed by atoms with E-state index < -0.39 is 0 Å². The van der Waals surface area contributed by atoms with E-state index >= 15 is 0 Å². The van der Waals surface area contributed by atoms with Crippen molar-refractivity contribution < 1.29 is 14.3 Å². The van der Waals surface area contributed by atoms with Crippen LogP contribution in [0, 0.1) is 5.92 Å². The predicted molar refractivity (Wildman–Crippen MR) is 74.9 cm³/mol. The second-order valence-corrected chi connectivity index (χ2v) is 6.23. The molecule has 0 aromatic heterocycles. The number of halogens is 1. The minimum atomic E-state index is -0.162. The van der Waals surface area contributed by atoms with Crippen LogP contribution in [0.1, 0.15) is 30.7 Å². The Morgan fingerprint density at radius 2 is 2.05 bits per heavy atom. The summed E-state index contributed by atoms with van der Waals surface area (Å²) in [6.45, 7) is 0. The van der Waals surface area contributed by atoms with Gasteiger partial charge in [0.2, 0.25) is 0 Å². The summed E-state index contributed by atoms with van der Waals surface area (Å²) in [6, 6.07) is 8.24. The van der Waals surface area contributed by atoms with Gasteiger partial charge in [0, 0.05) is 10.4 Å². The molecule has 0 radical (unpaired) electrons. The maximum atomic E-state index is 12.1. The third-order valence-electron chi connectivity index (χ3n) is 4.26. The summed E-state index contributed by atoms with van der Waals surface area (Å²) in [6.07, 6.45) is 3.28. The lowest BCUT2D eigenvalue weighted by Gasteiger charge is -2.35. The Morgan fingerprint density at radius 1 is 1.32 bits per heavy atom. The maximum absolute atomic E-state index is 12.1. The van der Waals surface area contributed by atoms with Crippen LogP contribution in [0.15, 0.2) is 28.7 Å². The third-order valence-corrected chi connectivity index (χ3v) is 4.79. The second-order valence-electron chi connectivity index (χ2n) is 5.32. The molecule has 2 fully saturated rings. The van der Waals surface area contributed by atoms with Crippen molar-refractivity contribution in [3.8, 4) is 0 Å². The summed E-state index contributed by atoms with van der Waals surface area (Å²) in [4.78, 5) is 12.1. The normalized spacial score (nSPS) is 33.2. The monoisotopic (exact) mass is 324 g/mol. The Morgan fingerprint density at radius 3 is 2.74 bits per heavy atom. The molecule has 102 valence electrons. The highest BCUT2D eigenvalue weighted by Gasteiger charge is 2.47. The molecule has 2 bridgehead atoms. The van der Waals surface area contributed by atoms with Crippen molar-refractivity contribution in [3.05, 3.63) is 34.3 Å². The molecule has 1 aromatic carbocycles. The van der Waals surface area contributed by atoms with Gasteiger partial charge in [-0.15, -0.1) is 0 Å². The van der Waals surface area contributed by atoms with Crippen LogP contribution in [-0.2, 0) is 14.3 Å². The summed E-state index contributed by atoms with van der Waals surface area (Å²) < 4.78 is 11.9. The fourth-order valence-corrected chi connectivity index (χ4v) is 3.63. The summed E-state index contributed by atoms with van der Waals surface area (Å²) >= 11 is 3.45. The lowest BCUT2D eigenvalue weighted by Crippen LogP contribution is -2.39. The highest BCUT2D eigenvalue weighted by Crippen LogP contribution is 2.45. The van der Waals surface area contributed by atoms with Crippen molar-refractivity contribution in [3.63, 3.8) is 0 Å². The van der Waals surface area contributed by atoms with Crippen molar-refractivity contribution in [1.29, 1.82) is 0 Å². The molecular formula is C15H17BrO3. The van der Waals surface area contributed by atoms with Crippen molar-refractivity contribution in [2.45, 2.75) is 37.4 Å². The van der Waals surface area contributed by atoms with Gasteiger partial charge in [-0.25, -0.2) is 0 Å². The first kappa shape index (κ1) is 13.1. The standard InChI is InChI=1S/C15H17BrO3/c1-18-15(17)14-12(8-11-6-7-13(14)19-11)9-2-4-10(16)5-3-9/h2-5,11-14H,6-8H2,1H3/t11?,12?,13-,14?/m0/s1. The van der Waals surface area contributed by atoms with E-state index in [0.29, 0.717) is 6.10 Å². The quantitative estimate of drug-likeness (QED) is 0.783. The van der Waals surface area contributed by atoms with E-state index in [2.05, 4.69) is 28.1 Å². The molecule has 1 aromatic rings. The van der Waals surface area contributed by atoms with Gasteiger partial charge in [-0.3, -0.25) is 4.79 Å². The van der Waals surface area contributed by atoms with E-state index in [1.165, 1.54) is 12.7 Å². The number of fused-ring (bicyclic) bond motifs is 2. The topological polar surface area (TPSA) is 35.5 Å². The van der Waals surface area contributed by atoms with Crippen molar-refractivity contribution in [2.24, 2.45) is 5.92 Å². The Bertz CT molecular complexity index is 471. The van der Waals surface area contributed by atoms with Gasteiger partial charge >= 0.3 is 5.97 Å². The lowest BCUT2D eigenvalue weighted by molar-refractivity contribution is -0.156. The van der Waals surface area contributed by atoms with Gasteiger partial charge in [-0.2, -0.15) is 0 Å². The molecular weight excluding hydrogens is 308 g/mol. The van der Waals surface area contributed by atoms with E-state index in [9.17, 15) is 4.79 Å². The van der Waals surface area contributed by atoms with Gasteiger partial charge in [0.05, 0.1) is 25.2 Å². The van der Waals surface area contributed by atoms with Crippen LogP contribution in [-0.4, -0.2) is 25.3 Å². The van der Waals surface area contributed by atoms with E-state index in [1.807, 2.05) is 12.1 Å². The van der Waals surface area contributed by atoms with Crippen LogP contribution >= 0.6 is 15.9 Å². The highest BCUT2D eigenvalue weighted by molar-refractivity contribution is 9.10. The number of rotatable bonds is 2. The molecule has 0 aliphatic carbocycles. The van der Waals surface area contributed by atoms with Gasteiger partial charge < -0.3 is 9.47 Å². The van der Waals surface area contributed by atoms with Gasteiger partial charge in [-0.1, -0.05) is 28.1 Å². The zero-order chi connectivity index (χ0) is 13.4. The van der Waals surface area contributed by atoms with Gasteiger partial charge in [-0.05, 0) is 37.0 Å². The van der Waals surface area contributed by atoms with E-state index in [1.54, 1.807) is 0 Å². The van der Waals surface area contributed by atoms with Crippen LogP contribution in [0.25, 0.3) is 0 Å². The third kappa shape index (κ3) is 2.43. The predicted octanol–water partition coefficient (Wildman–Crippen LogP) is 3.27. The van der Waals surface area contributed by atoms with Crippen LogP contribution in [0.5, 0.6) is 0 Å². The van der Waals surface area contributed by atoms with Gasteiger partial charge in [0.25, 0.3) is 0 Å². The summed E-state index contributed by atoms with van der Waals surface area (Å²) in [5, 5.41) is 0. The first-order valence-electron chi connectivity index (χ1n) is 6.68. The fraction of sp³-hybridized carbons (Fsp3) is 0.533. The molecule has 0 amide bonds. The molecule has 0 N–H and O–H groups in total. The minimum Gasteiger partial charge on any atom is -0.469 e. The summed E-state index contributed by atoms with van der Waals surface area (Å²) in [5.41, 5.74) is 1.21. The average molecular weight is 325 g/mol. The van der Waals surface area contributed by atoms with Crippen LogP contribution < -0.4 is 0 Å². The zero-order valence-corrected chi connectivity index (χ0v) is 12.4. The molecule has 4 atom stereocenters. The Hall–Kier alpha value is -0.870. The first-order valence-corrected chi connectivity index (χ1v) is 7.47. The SMILES string of the molecule is COC(=O)C1C(c2ccc(Br)cc2)CC2CC[C@@H]1O2. The largest absolute Gasteiger partial charge is 0.469 e. The smallest absolute Gasteiger partial charge is 0.311 e. The van der Waals surface area contributed by atoms with Crippen molar-refractivity contribution in [1.82, 2.24) is 0 Å². The van der Waals surface area contributed by atoms with Crippen LogP contribution in [0.2, 0.25) is 0 Å². The molecule has 0 spiro atoms. The van der Waals surface area contributed by atoms with Gasteiger partial charge in [0.1, 0.15) is 0 Å². The molecule has 3 nitrogen and oxygen atoms in total. The Labute approximate surface area is 121 Å². The molecule has 2 saturated heterocycles. The van der Waals surface area contributed by atoms with E-state index in [-0.39, 0.29) is 23.9 Å². The second kappa shape index (κ2) is 5.25. The van der Waals surface area contributed by atoms with Crippen molar-refractivity contribution in [2.75, 3.05) is 7.11 Å². The molecule has 3 unspecified atom stereocenters. The number of hydrogen-bond donors (Lipinski definition) is 0. The minimum absolute atomic E-state index is 0.0276. The molecule has 0 saturated carbocycles. The molecule has 2 heterocycles. The fourth-order valence-electron chi connectivity index (χ4n) is 3.37. The maximum Gasteiger partial charge on any atom is 0.311 e. The molecule has 3 rings (SSSR count). The van der Waals surface area contributed by atoms with Crippen LogP contribution in [0.3, 0.4) is 0 Å². The number of hydrogen-bond acceptors (Lipinski definition) is 3. The summed E-state index contributed by atoms with van der Waals surface area (Å²) in [5.74, 6) is -0.0880. The number of methoxy groups -OCH3 is 1. The molecule has 2 aliphatic rings. The molecule has 2 aliphatic heterocycles. The number of esters is 1. The zero-order valence-electron chi connectivity index (χ0n) is 10.8. The number of ether oxygens (including phenoxy) is 2.